The van der Waals surface area contributed by atoms with E-state index in [1.165, 1.54) is 19.1 Å². The fourth-order valence-electron chi connectivity index (χ4n) is 2.46. The number of carbonyl (C=O) groups is 2. The molecule has 1 amide bonds. The van der Waals surface area contributed by atoms with Gasteiger partial charge in [-0.05, 0) is 31.2 Å². The van der Waals surface area contributed by atoms with Crippen molar-refractivity contribution < 1.29 is 28.7 Å². The van der Waals surface area contributed by atoms with Gasteiger partial charge < -0.3 is 19.5 Å². The molecule has 9 heteroatoms. The molecule has 0 radical (unpaired) electrons. The summed E-state index contributed by atoms with van der Waals surface area (Å²) in [5.74, 6) is 0.512. The number of nitro groups is 1. The standard InChI is InChI=1S/C18H16N2O7/c1-11(27-15-4-2-12(10-21)8-14(15)20(23)24)18(22)19-13-3-5-16-17(9-13)26-7-6-25-16/h2-5,8-11H,6-7H2,1H3,(H,19,22)/t11-/m0/s1. The Morgan fingerprint density at radius 2 is 1.96 bits per heavy atom. The van der Waals surface area contributed by atoms with E-state index in [0.717, 1.165) is 6.07 Å². The summed E-state index contributed by atoms with van der Waals surface area (Å²) < 4.78 is 16.3. The number of hydrogen-bond donors (Lipinski definition) is 1. The van der Waals surface area contributed by atoms with Gasteiger partial charge in [0.15, 0.2) is 23.4 Å². The Labute approximate surface area is 154 Å². The molecule has 9 nitrogen and oxygen atoms in total. The van der Waals surface area contributed by atoms with Gasteiger partial charge in [0.05, 0.1) is 4.92 Å². The molecule has 0 spiro atoms. The predicted molar refractivity (Wildman–Crippen MR) is 94.6 cm³/mol. The molecular weight excluding hydrogens is 356 g/mol. The van der Waals surface area contributed by atoms with Crippen molar-refractivity contribution in [2.45, 2.75) is 13.0 Å². The van der Waals surface area contributed by atoms with Crippen LogP contribution in [0, 0.1) is 10.1 Å². The fourth-order valence-corrected chi connectivity index (χ4v) is 2.46. The van der Waals surface area contributed by atoms with Crippen LogP contribution in [0.2, 0.25) is 0 Å². The lowest BCUT2D eigenvalue weighted by Crippen LogP contribution is -2.30. The number of nitro benzene ring substituents is 1. The summed E-state index contributed by atoms with van der Waals surface area (Å²) in [6, 6.07) is 8.71. The van der Waals surface area contributed by atoms with Crippen LogP contribution in [0.25, 0.3) is 0 Å². The summed E-state index contributed by atoms with van der Waals surface area (Å²) >= 11 is 0. The summed E-state index contributed by atoms with van der Waals surface area (Å²) in [7, 11) is 0. The van der Waals surface area contributed by atoms with Gasteiger partial charge in [-0.3, -0.25) is 19.7 Å². The van der Waals surface area contributed by atoms with Gasteiger partial charge >= 0.3 is 5.69 Å². The van der Waals surface area contributed by atoms with Gasteiger partial charge in [-0.15, -0.1) is 0 Å². The molecule has 1 atom stereocenters. The molecule has 1 N–H and O–H groups in total. The topological polar surface area (TPSA) is 117 Å². The number of carbonyl (C=O) groups excluding carboxylic acids is 2. The lowest BCUT2D eigenvalue weighted by molar-refractivity contribution is -0.386. The number of fused-ring (bicyclic) bond motifs is 1. The summed E-state index contributed by atoms with van der Waals surface area (Å²) in [6.07, 6.45) is -0.520. The van der Waals surface area contributed by atoms with E-state index in [-0.39, 0.29) is 11.3 Å². The minimum atomic E-state index is -1.01. The van der Waals surface area contributed by atoms with Crippen molar-refractivity contribution >= 4 is 23.6 Å². The van der Waals surface area contributed by atoms with Crippen molar-refractivity contribution in [3.8, 4) is 17.2 Å². The average Bonchev–Trinajstić information content (AvgIpc) is 2.67. The molecule has 0 saturated carbocycles. The van der Waals surface area contributed by atoms with Crippen molar-refractivity contribution in [2.24, 2.45) is 0 Å². The molecule has 0 bridgehead atoms. The van der Waals surface area contributed by atoms with Crippen molar-refractivity contribution in [3.63, 3.8) is 0 Å². The monoisotopic (exact) mass is 372 g/mol. The normalized spacial score (nSPS) is 13.4. The van der Waals surface area contributed by atoms with Gasteiger partial charge in [-0.25, -0.2) is 0 Å². The van der Waals surface area contributed by atoms with Crippen LogP contribution in [0.1, 0.15) is 17.3 Å². The molecule has 1 aliphatic rings. The zero-order chi connectivity index (χ0) is 19.4. The van der Waals surface area contributed by atoms with E-state index in [1.807, 2.05) is 0 Å². The first kappa shape index (κ1) is 18.2. The van der Waals surface area contributed by atoms with E-state index < -0.39 is 22.6 Å². The predicted octanol–water partition coefficient (Wildman–Crippen LogP) is 2.58. The molecule has 140 valence electrons. The Kier molecular flexibility index (Phi) is 5.20. The van der Waals surface area contributed by atoms with Crippen LogP contribution in [0.3, 0.4) is 0 Å². The van der Waals surface area contributed by atoms with Gasteiger partial charge in [0.25, 0.3) is 5.91 Å². The molecule has 0 unspecified atom stereocenters. The van der Waals surface area contributed by atoms with Crippen molar-refractivity contribution in [1.82, 2.24) is 0 Å². The van der Waals surface area contributed by atoms with Crippen LogP contribution in [0.4, 0.5) is 11.4 Å². The number of hydrogen-bond acceptors (Lipinski definition) is 7. The maximum absolute atomic E-state index is 12.4. The van der Waals surface area contributed by atoms with Crippen LogP contribution >= 0.6 is 0 Å². The molecule has 0 aliphatic carbocycles. The van der Waals surface area contributed by atoms with E-state index in [2.05, 4.69) is 5.32 Å². The zero-order valence-corrected chi connectivity index (χ0v) is 14.3. The molecule has 3 rings (SSSR count). The van der Waals surface area contributed by atoms with E-state index in [9.17, 15) is 19.7 Å². The first-order valence-electron chi connectivity index (χ1n) is 8.08. The van der Waals surface area contributed by atoms with Crippen molar-refractivity contribution in [1.29, 1.82) is 0 Å². The molecular formula is C18H16N2O7. The largest absolute Gasteiger partial charge is 0.486 e. The Morgan fingerprint density at radius 1 is 1.22 bits per heavy atom. The number of benzene rings is 2. The Hall–Kier alpha value is -3.62. The molecule has 0 aromatic heterocycles. The first-order valence-corrected chi connectivity index (χ1v) is 8.08. The van der Waals surface area contributed by atoms with Crippen LogP contribution < -0.4 is 19.5 Å². The van der Waals surface area contributed by atoms with E-state index in [1.54, 1.807) is 18.2 Å². The summed E-state index contributed by atoms with van der Waals surface area (Å²) in [6.45, 7) is 2.35. The van der Waals surface area contributed by atoms with Crippen molar-refractivity contribution in [2.75, 3.05) is 18.5 Å². The quantitative estimate of drug-likeness (QED) is 0.470. The molecule has 1 heterocycles. The molecule has 2 aromatic rings. The number of aldehydes is 1. The maximum atomic E-state index is 12.4. The second-order valence-corrected chi connectivity index (χ2v) is 5.71. The SMILES string of the molecule is C[C@H](Oc1ccc(C=O)cc1[N+](=O)[O-])C(=O)Nc1ccc2c(c1)OCCO2. The number of nitrogens with one attached hydrogen (secondary N) is 1. The number of anilines is 1. The van der Waals surface area contributed by atoms with Crippen molar-refractivity contribution in [3.05, 3.63) is 52.1 Å². The highest BCUT2D eigenvalue weighted by Crippen LogP contribution is 2.33. The van der Waals surface area contributed by atoms with E-state index >= 15 is 0 Å². The average molecular weight is 372 g/mol. The van der Waals surface area contributed by atoms with Gasteiger partial charge in [0.1, 0.15) is 19.5 Å². The number of nitrogens with zero attached hydrogens (tertiary/aromatic N) is 1. The van der Waals surface area contributed by atoms with Crippen LogP contribution in [-0.2, 0) is 4.79 Å². The highest BCUT2D eigenvalue weighted by atomic mass is 16.6. The molecule has 0 fully saturated rings. The Morgan fingerprint density at radius 3 is 2.67 bits per heavy atom. The van der Waals surface area contributed by atoms with Gasteiger partial charge in [-0.2, -0.15) is 0 Å². The molecule has 27 heavy (non-hydrogen) atoms. The first-order chi connectivity index (χ1) is 13.0. The summed E-state index contributed by atoms with van der Waals surface area (Å²) in [5, 5.41) is 13.8. The van der Waals surface area contributed by atoms with Gasteiger partial charge in [-0.1, -0.05) is 0 Å². The molecule has 2 aromatic carbocycles. The summed E-state index contributed by atoms with van der Waals surface area (Å²) in [4.78, 5) is 33.6. The Balaban J connectivity index is 1.71. The van der Waals surface area contributed by atoms with Gasteiger partial charge in [0, 0.05) is 23.4 Å². The summed E-state index contributed by atoms with van der Waals surface area (Å²) in [5.41, 5.74) is 0.228. The third-order valence-electron chi connectivity index (χ3n) is 3.80. The second kappa shape index (κ2) is 7.73. The van der Waals surface area contributed by atoms with E-state index in [0.29, 0.717) is 36.7 Å². The van der Waals surface area contributed by atoms with E-state index in [4.69, 9.17) is 14.2 Å². The number of ether oxygens (including phenoxy) is 3. The third kappa shape index (κ3) is 4.14. The second-order valence-electron chi connectivity index (χ2n) is 5.71. The molecule has 0 saturated heterocycles. The highest BCUT2D eigenvalue weighted by molar-refractivity contribution is 5.94. The lowest BCUT2D eigenvalue weighted by Gasteiger charge is -2.19. The van der Waals surface area contributed by atoms with Crippen LogP contribution in [0.15, 0.2) is 36.4 Å². The number of rotatable bonds is 6. The number of amides is 1. The highest BCUT2D eigenvalue weighted by Gasteiger charge is 2.22. The zero-order valence-electron chi connectivity index (χ0n) is 14.3. The minimum Gasteiger partial charge on any atom is -0.486 e. The van der Waals surface area contributed by atoms with Crippen LogP contribution in [0.5, 0.6) is 17.2 Å². The van der Waals surface area contributed by atoms with Crippen LogP contribution in [-0.4, -0.2) is 36.4 Å². The fraction of sp³-hybridized carbons (Fsp3) is 0.222. The smallest absolute Gasteiger partial charge is 0.311 e. The molecule has 1 aliphatic heterocycles. The lowest BCUT2D eigenvalue weighted by atomic mass is 10.2. The third-order valence-corrected chi connectivity index (χ3v) is 3.80. The maximum Gasteiger partial charge on any atom is 0.311 e. The minimum absolute atomic E-state index is 0.101. The van der Waals surface area contributed by atoms with Gasteiger partial charge in [0.2, 0.25) is 0 Å². The Bertz CT molecular complexity index is 897.